The molecule has 1 amide bonds. The van der Waals surface area contributed by atoms with Crippen LogP contribution in [0.4, 0.5) is 0 Å². The van der Waals surface area contributed by atoms with Gasteiger partial charge in [0.1, 0.15) is 0 Å². The Morgan fingerprint density at radius 1 is 1.39 bits per heavy atom. The number of nitrogens with one attached hydrogen (secondary N) is 1. The molecule has 0 spiro atoms. The van der Waals surface area contributed by atoms with Crippen molar-refractivity contribution < 1.29 is 4.79 Å². The molecule has 0 radical (unpaired) electrons. The molecule has 0 bridgehead atoms. The highest BCUT2D eigenvalue weighted by Gasteiger charge is 2.16. The molecule has 3 rings (SSSR count). The minimum Gasteiger partial charge on any atom is -0.340 e. The zero-order valence-corrected chi connectivity index (χ0v) is 10.9. The van der Waals surface area contributed by atoms with Crippen molar-refractivity contribution in [2.24, 2.45) is 0 Å². The van der Waals surface area contributed by atoms with Crippen molar-refractivity contribution in [3.63, 3.8) is 0 Å². The average Bonchev–Trinajstić information content (AvgIpc) is 2.87. The Hall–Kier alpha value is -1.46. The highest BCUT2D eigenvalue weighted by Crippen LogP contribution is 2.19. The maximum Gasteiger partial charge on any atom is 0.227 e. The molecule has 4 nitrogen and oxygen atoms in total. The summed E-state index contributed by atoms with van der Waals surface area (Å²) in [5, 5.41) is 3.25. The predicted octanol–water partition coefficient (Wildman–Crippen LogP) is 1.27. The fourth-order valence-electron chi connectivity index (χ4n) is 2.21. The van der Waals surface area contributed by atoms with Gasteiger partial charge in [0.25, 0.3) is 0 Å². The molecular weight excluding hydrogens is 246 g/mol. The lowest BCUT2D eigenvalue weighted by molar-refractivity contribution is -0.131. The van der Waals surface area contributed by atoms with Gasteiger partial charge in [-0.1, -0.05) is 6.07 Å². The zero-order valence-electron chi connectivity index (χ0n) is 10.1. The van der Waals surface area contributed by atoms with Crippen LogP contribution in [-0.2, 0) is 11.2 Å². The Morgan fingerprint density at radius 3 is 3.06 bits per heavy atom. The van der Waals surface area contributed by atoms with E-state index in [-0.39, 0.29) is 5.91 Å². The van der Waals surface area contributed by atoms with Gasteiger partial charge in [-0.25, -0.2) is 4.98 Å². The summed E-state index contributed by atoms with van der Waals surface area (Å²) in [4.78, 5) is 18.3. The van der Waals surface area contributed by atoms with Gasteiger partial charge in [-0.05, 0) is 17.7 Å². The molecule has 0 atom stereocenters. The minimum absolute atomic E-state index is 0.214. The smallest absolute Gasteiger partial charge is 0.227 e. The second-order valence-electron chi connectivity index (χ2n) is 4.46. The van der Waals surface area contributed by atoms with E-state index in [0.717, 1.165) is 37.3 Å². The molecule has 2 aromatic rings. The maximum absolute atomic E-state index is 12.1. The second kappa shape index (κ2) is 5.04. The van der Waals surface area contributed by atoms with Crippen LogP contribution in [0.1, 0.15) is 5.56 Å². The number of fused-ring (bicyclic) bond motifs is 1. The van der Waals surface area contributed by atoms with E-state index in [1.165, 1.54) is 4.70 Å². The molecule has 18 heavy (non-hydrogen) atoms. The van der Waals surface area contributed by atoms with Gasteiger partial charge in [0.15, 0.2) is 0 Å². The summed E-state index contributed by atoms with van der Waals surface area (Å²) in [7, 11) is 0. The molecule has 1 aliphatic rings. The summed E-state index contributed by atoms with van der Waals surface area (Å²) in [6.07, 6.45) is 0.480. The quantitative estimate of drug-likeness (QED) is 0.885. The van der Waals surface area contributed by atoms with Crippen LogP contribution in [0.5, 0.6) is 0 Å². The van der Waals surface area contributed by atoms with E-state index in [2.05, 4.69) is 10.3 Å². The third-order valence-electron chi connectivity index (χ3n) is 3.22. The Labute approximate surface area is 110 Å². The van der Waals surface area contributed by atoms with Crippen LogP contribution in [0.25, 0.3) is 10.2 Å². The van der Waals surface area contributed by atoms with Crippen LogP contribution in [0.3, 0.4) is 0 Å². The van der Waals surface area contributed by atoms with E-state index < -0.39 is 0 Å². The summed E-state index contributed by atoms with van der Waals surface area (Å²) in [6, 6.07) is 6.10. The van der Waals surface area contributed by atoms with E-state index >= 15 is 0 Å². The zero-order chi connectivity index (χ0) is 12.4. The Balaban J connectivity index is 1.72. The van der Waals surface area contributed by atoms with Gasteiger partial charge < -0.3 is 10.2 Å². The lowest BCUT2D eigenvalue weighted by Gasteiger charge is -2.27. The van der Waals surface area contributed by atoms with E-state index in [1.807, 2.05) is 28.6 Å². The number of piperazine rings is 1. The molecule has 1 aromatic heterocycles. The molecule has 1 N–H and O–H groups in total. The standard InChI is InChI=1S/C13H15N3OS/c17-13(16-5-3-14-4-6-16)8-10-1-2-12-11(7-10)15-9-18-12/h1-2,7,9,14H,3-6,8H2. The van der Waals surface area contributed by atoms with Gasteiger partial charge in [0.05, 0.1) is 22.1 Å². The lowest BCUT2D eigenvalue weighted by Crippen LogP contribution is -2.46. The fourth-order valence-corrected chi connectivity index (χ4v) is 2.87. The van der Waals surface area contributed by atoms with Crippen LogP contribution >= 0.6 is 11.3 Å². The number of carbonyl (C=O) groups is 1. The Morgan fingerprint density at radius 2 is 2.22 bits per heavy atom. The number of aromatic nitrogens is 1. The molecule has 2 heterocycles. The van der Waals surface area contributed by atoms with Crippen molar-refractivity contribution in [1.29, 1.82) is 0 Å². The van der Waals surface area contributed by atoms with Crippen LogP contribution < -0.4 is 5.32 Å². The van der Waals surface area contributed by atoms with Gasteiger partial charge in [-0.3, -0.25) is 4.79 Å². The summed E-state index contributed by atoms with van der Waals surface area (Å²) in [6.45, 7) is 3.43. The molecule has 0 unspecified atom stereocenters. The molecule has 0 saturated carbocycles. The SMILES string of the molecule is O=C(Cc1ccc2scnc2c1)N1CCNCC1. The minimum atomic E-state index is 0.214. The van der Waals surface area contributed by atoms with Crippen LogP contribution in [0.2, 0.25) is 0 Å². The largest absolute Gasteiger partial charge is 0.340 e. The third kappa shape index (κ3) is 2.37. The number of hydrogen-bond donors (Lipinski definition) is 1. The average molecular weight is 261 g/mol. The molecule has 5 heteroatoms. The number of nitrogens with zero attached hydrogens (tertiary/aromatic N) is 2. The first-order valence-corrected chi connectivity index (χ1v) is 7.01. The Bertz CT molecular complexity index is 560. The van der Waals surface area contributed by atoms with Crippen molar-refractivity contribution in [2.45, 2.75) is 6.42 Å². The highest BCUT2D eigenvalue weighted by molar-refractivity contribution is 7.16. The molecule has 1 fully saturated rings. The molecular formula is C13H15N3OS. The van der Waals surface area contributed by atoms with Crippen molar-refractivity contribution in [3.8, 4) is 0 Å². The van der Waals surface area contributed by atoms with Crippen molar-refractivity contribution in [3.05, 3.63) is 29.3 Å². The Kier molecular flexibility index (Phi) is 3.25. The number of rotatable bonds is 2. The number of thiazole rings is 1. The summed E-state index contributed by atoms with van der Waals surface area (Å²) >= 11 is 1.63. The first-order chi connectivity index (χ1) is 8.83. The van der Waals surface area contributed by atoms with Gasteiger partial charge in [0, 0.05) is 26.2 Å². The summed E-state index contributed by atoms with van der Waals surface area (Å²) in [5.74, 6) is 0.214. The van der Waals surface area contributed by atoms with Crippen LogP contribution in [-0.4, -0.2) is 42.0 Å². The summed E-state index contributed by atoms with van der Waals surface area (Å²) < 4.78 is 1.17. The van der Waals surface area contributed by atoms with E-state index in [1.54, 1.807) is 11.3 Å². The van der Waals surface area contributed by atoms with Crippen LogP contribution in [0.15, 0.2) is 23.7 Å². The monoisotopic (exact) mass is 261 g/mol. The molecule has 1 aliphatic heterocycles. The van der Waals surface area contributed by atoms with Crippen molar-refractivity contribution >= 4 is 27.5 Å². The molecule has 94 valence electrons. The van der Waals surface area contributed by atoms with E-state index in [9.17, 15) is 4.79 Å². The number of benzene rings is 1. The molecule has 0 aliphatic carbocycles. The van der Waals surface area contributed by atoms with Gasteiger partial charge >= 0.3 is 0 Å². The third-order valence-corrected chi connectivity index (χ3v) is 4.03. The number of carbonyl (C=O) groups excluding carboxylic acids is 1. The van der Waals surface area contributed by atoms with Crippen LogP contribution in [0, 0.1) is 0 Å². The summed E-state index contributed by atoms with van der Waals surface area (Å²) in [5.41, 5.74) is 3.88. The van der Waals surface area contributed by atoms with Gasteiger partial charge in [-0.15, -0.1) is 11.3 Å². The van der Waals surface area contributed by atoms with Crippen molar-refractivity contribution in [1.82, 2.24) is 15.2 Å². The van der Waals surface area contributed by atoms with Gasteiger partial charge in [0.2, 0.25) is 5.91 Å². The number of hydrogen-bond acceptors (Lipinski definition) is 4. The highest BCUT2D eigenvalue weighted by atomic mass is 32.1. The molecule has 1 aromatic carbocycles. The number of amides is 1. The predicted molar refractivity (Wildman–Crippen MR) is 72.8 cm³/mol. The first-order valence-electron chi connectivity index (χ1n) is 6.13. The second-order valence-corrected chi connectivity index (χ2v) is 5.35. The van der Waals surface area contributed by atoms with Gasteiger partial charge in [-0.2, -0.15) is 0 Å². The maximum atomic E-state index is 12.1. The molecule has 1 saturated heterocycles. The lowest BCUT2D eigenvalue weighted by atomic mass is 10.1. The van der Waals surface area contributed by atoms with E-state index in [0.29, 0.717) is 6.42 Å². The topological polar surface area (TPSA) is 45.2 Å². The van der Waals surface area contributed by atoms with Crippen molar-refractivity contribution in [2.75, 3.05) is 26.2 Å². The van der Waals surface area contributed by atoms with E-state index in [4.69, 9.17) is 0 Å². The first kappa shape index (κ1) is 11.6. The fraction of sp³-hybridized carbons (Fsp3) is 0.385. The normalized spacial score (nSPS) is 16.1.